The third kappa shape index (κ3) is 3.52. The Hall–Kier alpha value is -2.98. The fourth-order valence-corrected chi connectivity index (χ4v) is 5.21. The molecule has 0 saturated carbocycles. The van der Waals surface area contributed by atoms with Gasteiger partial charge in [0.25, 0.3) is 0 Å². The molecule has 0 bridgehead atoms. The molecule has 0 saturated heterocycles. The number of amides is 1. The minimum atomic E-state index is 0.181. The van der Waals surface area contributed by atoms with Gasteiger partial charge in [-0.3, -0.25) is 4.79 Å². The molecule has 3 nitrogen and oxygen atoms in total. The summed E-state index contributed by atoms with van der Waals surface area (Å²) < 4.78 is 2.30. The molecule has 1 aliphatic heterocycles. The zero-order valence-electron chi connectivity index (χ0n) is 17.0. The summed E-state index contributed by atoms with van der Waals surface area (Å²) in [5, 5.41) is 1.21. The van der Waals surface area contributed by atoms with Crippen molar-refractivity contribution in [1.29, 1.82) is 0 Å². The number of aryl methyl sites for hydroxylation is 1. The molecule has 0 unspecified atom stereocenters. The van der Waals surface area contributed by atoms with E-state index in [-0.39, 0.29) is 5.91 Å². The number of hydrogen-bond acceptors (Lipinski definition) is 2. The highest BCUT2D eigenvalue weighted by molar-refractivity contribution is 8.00. The van der Waals surface area contributed by atoms with Crippen molar-refractivity contribution in [3.05, 3.63) is 95.7 Å². The van der Waals surface area contributed by atoms with Crippen LogP contribution in [0.2, 0.25) is 0 Å². The van der Waals surface area contributed by atoms with E-state index in [1.807, 2.05) is 17.0 Å². The van der Waals surface area contributed by atoms with Crippen LogP contribution in [0, 0.1) is 6.92 Å². The third-order valence-electron chi connectivity index (χ3n) is 5.89. The van der Waals surface area contributed by atoms with Gasteiger partial charge in [0.05, 0.1) is 5.75 Å². The van der Waals surface area contributed by atoms with Crippen LogP contribution in [-0.2, 0) is 17.8 Å². The van der Waals surface area contributed by atoms with Crippen LogP contribution in [0.5, 0.6) is 0 Å². The predicted octanol–water partition coefficient (Wildman–Crippen LogP) is 5.68. The highest BCUT2D eigenvalue weighted by atomic mass is 32.2. The van der Waals surface area contributed by atoms with E-state index in [1.54, 1.807) is 11.8 Å². The normalized spacial score (nSPS) is 13.0. The molecule has 4 heteroatoms. The molecule has 1 aromatic heterocycles. The maximum Gasteiger partial charge on any atom is 0.237 e. The van der Waals surface area contributed by atoms with Crippen LogP contribution in [0.1, 0.15) is 16.7 Å². The van der Waals surface area contributed by atoms with Crippen LogP contribution < -0.4 is 4.90 Å². The van der Waals surface area contributed by atoms with Crippen molar-refractivity contribution in [3.63, 3.8) is 0 Å². The van der Waals surface area contributed by atoms with Crippen molar-refractivity contribution < 1.29 is 4.79 Å². The Balaban J connectivity index is 1.38. The molecule has 1 aliphatic rings. The van der Waals surface area contributed by atoms with Gasteiger partial charge >= 0.3 is 0 Å². The quantitative estimate of drug-likeness (QED) is 0.394. The van der Waals surface area contributed by atoms with Gasteiger partial charge in [0.15, 0.2) is 0 Å². The molecule has 0 fully saturated rings. The lowest BCUT2D eigenvalue weighted by atomic mass is 10.1. The van der Waals surface area contributed by atoms with E-state index in [0.717, 1.165) is 25.2 Å². The number of aromatic nitrogens is 1. The van der Waals surface area contributed by atoms with E-state index in [2.05, 4.69) is 78.4 Å². The molecule has 2 heterocycles. The summed E-state index contributed by atoms with van der Waals surface area (Å²) in [4.78, 5) is 16.1. The molecule has 0 N–H and O–H groups in total. The molecule has 0 aliphatic carbocycles. The van der Waals surface area contributed by atoms with Crippen molar-refractivity contribution in [2.75, 3.05) is 17.2 Å². The lowest BCUT2D eigenvalue weighted by molar-refractivity contribution is -0.116. The van der Waals surface area contributed by atoms with Crippen LogP contribution in [0.4, 0.5) is 5.69 Å². The smallest absolute Gasteiger partial charge is 0.237 e. The number of hydrogen-bond donors (Lipinski definition) is 0. The van der Waals surface area contributed by atoms with Gasteiger partial charge < -0.3 is 9.47 Å². The van der Waals surface area contributed by atoms with Gasteiger partial charge in [-0.25, -0.2) is 0 Å². The number of carbonyl (C=O) groups excluding carboxylic acids is 1. The van der Waals surface area contributed by atoms with Crippen LogP contribution in [0.25, 0.3) is 10.9 Å². The third-order valence-corrected chi connectivity index (χ3v) is 6.92. The second kappa shape index (κ2) is 8.04. The van der Waals surface area contributed by atoms with E-state index >= 15 is 0 Å². The van der Waals surface area contributed by atoms with E-state index in [0.29, 0.717) is 5.75 Å². The number of fused-ring (bicyclic) bond motifs is 2. The molecule has 30 heavy (non-hydrogen) atoms. The van der Waals surface area contributed by atoms with Crippen molar-refractivity contribution in [2.24, 2.45) is 0 Å². The molecule has 5 rings (SSSR count). The molecule has 3 aromatic carbocycles. The van der Waals surface area contributed by atoms with E-state index in [1.165, 1.54) is 32.5 Å². The summed E-state index contributed by atoms with van der Waals surface area (Å²) >= 11 is 1.64. The summed E-state index contributed by atoms with van der Waals surface area (Å²) in [5.41, 5.74) is 6.17. The first-order chi connectivity index (χ1) is 14.7. The Morgan fingerprint density at radius 3 is 2.63 bits per heavy atom. The second-order valence-corrected chi connectivity index (χ2v) is 8.79. The van der Waals surface area contributed by atoms with Crippen molar-refractivity contribution in [2.45, 2.75) is 24.8 Å². The number of rotatable bonds is 5. The van der Waals surface area contributed by atoms with Crippen LogP contribution in [0.3, 0.4) is 0 Å². The Bertz CT molecular complexity index is 1230. The van der Waals surface area contributed by atoms with E-state index in [4.69, 9.17) is 0 Å². The summed E-state index contributed by atoms with van der Waals surface area (Å²) in [5.74, 6) is 0.632. The largest absolute Gasteiger partial charge is 0.342 e. The Kier molecular flexibility index (Phi) is 5.09. The number of carbonyl (C=O) groups is 1. The van der Waals surface area contributed by atoms with Crippen LogP contribution in [-0.4, -0.2) is 22.8 Å². The molecule has 4 aromatic rings. The molecule has 0 atom stereocenters. The maximum atomic E-state index is 13.0. The first-order valence-electron chi connectivity index (χ1n) is 10.3. The van der Waals surface area contributed by atoms with E-state index < -0.39 is 0 Å². The molecule has 0 radical (unpaired) electrons. The van der Waals surface area contributed by atoms with Gasteiger partial charge in [-0.05, 0) is 42.2 Å². The maximum absolute atomic E-state index is 13.0. The lowest BCUT2D eigenvalue weighted by Crippen LogP contribution is -2.30. The minimum Gasteiger partial charge on any atom is -0.342 e. The zero-order chi connectivity index (χ0) is 20.5. The van der Waals surface area contributed by atoms with Gasteiger partial charge in [0.1, 0.15) is 0 Å². The van der Waals surface area contributed by atoms with Crippen molar-refractivity contribution >= 4 is 34.3 Å². The predicted molar refractivity (Wildman–Crippen MR) is 125 cm³/mol. The van der Waals surface area contributed by atoms with Gasteiger partial charge in [0, 0.05) is 40.8 Å². The Morgan fingerprint density at radius 1 is 0.967 bits per heavy atom. The fourth-order valence-electron chi connectivity index (χ4n) is 4.24. The molecule has 0 spiro atoms. The van der Waals surface area contributed by atoms with Gasteiger partial charge in [-0.15, -0.1) is 11.8 Å². The van der Waals surface area contributed by atoms with Crippen LogP contribution >= 0.6 is 11.8 Å². The van der Waals surface area contributed by atoms with Gasteiger partial charge in [-0.1, -0.05) is 60.7 Å². The van der Waals surface area contributed by atoms with Crippen molar-refractivity contribution in [3.8, 4) is 0 Å². The molecular weight excluding hydrogens is 388 g/mol. The number of nitrogens with zero attached hydrogens (tertiary/aromatic N) is 2. The molecular formula is C26H24N2OS. The molecule has 1 amide bonds. The Labute approximate surface area is 181 Å². The molecule has 150 valence electrons. The standard InChI is InChI=1S/C26H24N2OS/c1-19-8-2-3-10-21(19)16-27-17-25(22-11-5-7-13-24(22)27)30-18-26(29)28-15-14-20-9-4-6-12-23(20)28/h2-13,17H,14-16,18H2,1H3. The first kappa shape index (κ1) is 19.0. The SMILES string of the molecule is Cc1ccccc1Cn1cc(SCC(=O)N2CCc3ccccc32)c2ccccc21. The summed E-state index contributed by atoms with van der Waals surface area (Å²) in [7, 11) is 0. The number of para-hydroxylation sites is 2. The van der Waals surface area contributed by atoms with Crippen molar-refractivity contribution in [1.82, 2.24) is 4.57 Å². The first-order valence-corrected chi connectivity index (χ1v) is 11.3. The van der Waals surface area contributed by atoms with E-state index in [9.17, 15) is 4.79 Å². The summed E-state index contributed by atoms with van der Waals surface area (Å²) in [6.45, 7) is 3.78. The number of anilines is 1. The van der Waals surface area contributed by atoms with Crippen LogP contribution in [0.15, 0.2) is 83.9 Å². The number of thioether (sulfide) groups is 1. The fraction of sp³-hybridized carbons (Fsp3) is 0.192. The average Bonchev–Trinajstić information content (AvgIpc) is 3.36. The summed E-state index contributed by atoms with van der Waals surface area (Å²) in [6.07, 6.45) is 3.15. The highest BCUT2D eigenvalue weighted by Crippen LogP contribution is 2.33. The second-order valence-electron chi connectivity index (χ2n) is 7.78. The summed E-state index contributed by atoms with van der Waals surface area (Å²) in [6, 6.07) is 25.2. The number of benzene rings is 3. The minimum absolute atomic E-state index is 0.181. The van der Waals surface area contributed by atoms with Gasteiger partial charge in [0.2, 0.25) is 5.91 Å². The average molecular weight is 413 g/mol. The lowest BCUT2D eigenvalue weighted by Gasteiger charge is -2.16. The highest BCUT2D eigenvalue weighted by Gasteiger charge is 2.24. The zero-order valence-corrected chi connectivity index (χ0v) is 17.9. The van der Waals surface area contributed by atoms with Gasteiger partial charge in [-0.2, -0.15) is 0 Å². The Morgan fingerprint density at radius 2 is 1.73 bits per heavy atom. The topological polar surface area (TPSA) is 25.2 Å². The monoisotopic (exact) mass is 412 g/mol.